The molecule has 98 valence electrons. The molecule has 0 saturated heterocycles. The van der Waals surface area contributed by atoms with Gasteiger partial charge in [-0.15, -0.1) is 0 Å². The first-order valence-electron chi connectivity index (χ1n) is 6.05. The third kappa shape index (κ3) is 2.42. The number of rotatable bonds is 3. The topological polar surface area (TPSA) is 30.0 Å². The Morgan fingerprint density at radius 2 is 1.80 bits per heavy atom. The van der Waals surface area contributed by atoms with Crippen molar-refractivity contribution < 1.29 is 9.18 Å². The van der Waals surface area contributed by atoms with Crippen molar-refractivity contribution in [1.82, 2.24) is 4.98 Å². The van der Waals surface area contributed by atoms with E-state index in [0.717, 1.165) is 29.0 Å². The Hall–Kier alpha value is -2.20. The molecule has 2 nitrogen and oxygen atoms in total. The molecular weight excluding hydrogens is 273 g/mol. The third-order valence-corrected chi connectivity index (χ3v) is 3.96. The number of benzene rings is 2. The smallest absolute Gasteiger partial charge is 0.152 e. The molecule has 0 aliphatic rings. The Morgan fingerprint density at radius 3 is 2.60 bits per heavy atom. The number of fused-ring (bicyclic) bond motifs is 1. The molecule has 0 radical (unpaired) electrons. The molecule has 1 heterocycles. The van der Waals surface area contributed by atoms with E-state index in [1.165, 1.54) is 6.07 Å². The number of aldehydes is 1. The van der Waals surface area contributed by atoms with Crippen molar-refractivity contribution in [2.24, 2.45) is 0 Å². The van der Waals surface area contributed by atoms with Crippen LogP contribution in [0.25, 0.3) is 10.9 Å². The molecular formula is C16H10FNOS. The maximum atomic E-state index is 13.7. The van der Waals surface area contributed by atoms with Gasteiger partial charge in [0.1, 0.15) is 10.8 Å². The summed E-state index contributed by atoms with van der Waals surface area (Å²) in [6.45, 7) is 0. The molecule has 0 bridgehead atoms. The number of carbonyl (C=O) groups excluding carboxylic acids is 1. The van der Waals surface area contributed by atoms with E-state index in [4.69, 9.17) is 0 Å². The summed E-state index contributed by atoms with van der Waals surface area (Å²) in [5.74, 6) is -0.315. The maximum absolute atomic E-state index is 13.7. The van der Waals surface area contributed by atoms with E-state index in [0.29, 0.717) is 15.5 Å². The van der Waals surface area contributed by atoms with Gasteiger partial charge in [0.05, 0.1) is 5.52 Å². The number of hydrogen-bond acceptors (Lipinski definition) is 3. The number of hydrogen-bond donors (Lipinski definition) is 0. The number of carbonyl (C=O) groups is 1. The van der Waals surface area contributed by atoms with Gasteiger partial charge >= 0.3 is 0 Å². The third-order valence-electron chi connectivity index (χ3n) is 2.89. The summed E-state index contributed by atoms with van der Waals surface area (Å²) in [5, 5.41) is 1.41. The highest BCUT2D eigenvalue weighted by Crippen LogP contribution is 2.31. The number of halogens is 1. The highest BCUT2D eigenvalue weighted by atomic mass is 32.2. The van der Waals surface area contributed by atoms with Crippen LogP contribution in [0.2, 0.25) is 0 Å². The predicted octanol–water partition coefficient (Wildman–Crippen LogP) is 4.34. The average molecular weight is 283 g/mol. The standard InChI is InChI=1S/C16H10FNOS/c17-13-6-2-4-8-15(13)20-16-12(10-19)9-11-5-1-3-7-14(11)18-16/h1-10H. The molecule has 0 aliphatic carbocycles. The minimum absolute atomic E-state index is 0.315. The Bertz CT molecular complexity index is 788. The van der Waals surface area contributed by atoms with Crippen LogP contribution < -0.4 is 0 Å². The van der Waals surface area contributed by atoms with Crippen LogP contribution in [0.15, 0.2) is 64.5 Å². The monoisotopic (exact) mass is 283 g/mol. The van der Waals surface area contributed by atoms with Crippen molar-refractivity contribution >= 4 is 29.0 Å². The number of aromatic nitrogens is 1. The second kappa shape index (κ2) is 5.43. The van der Waals surface area contributed by atoms with Gasteiger partial charge in [0.2, 0.25) is 0 Å². The van der Waals surface area contributed by atoms with E-state index in [2.05, 4.69) is 4.98 Å². The van der Waals surface area contributed by atoms with Gasteiger partial charge in [0.15, 0.2) is 6.29 Å². The first kappa shape index (κ1) is 12.8. The van der Waals surface area contributed by atoms with E-state index >= 15 is 0 Å². The summed E-state index contributed by atoms with van der Waals surface area (Å²) >= 11 is 1.16. The van der Waals surface area contributed by atoms with Crippen LogP contribution in [0.4, 0.5) is 4.39 Å². The summed E-state index contributed by atoms with van der Waals surface area (Å²) in [6.07, 6.45) is 0.753. The van der Waals surface area contributed by atoms with E-state index in [9.17, 15) is 9.18 Å². The van der Waals surface area contributed by atoms with Gasteiger partial charge in [-0.25, -0.2) is 9.37 Å². The fourth-order valence-electron chi connectivity index (χ4n) is 1.91. The Labute approximate surface area is 119 Å². The largest absolute Gasteiger partial charge is 0.298 e. The Balaban J connectivity index is 2.10. The lowest BCUT2D eigenvalue weighted by molar-refractivity contribution is 0.112. The van der Waals surface area contributed by atoms with Gasteiger partial charge in [0, 0.05) is 15.8 Å². The van der Waals surface area contributed by atoms with Gasteiger partial charge in [-0.3, -0.25) is 4.79 Å². The second-order valence-electron chi connectivity index (χ2n) is 4.23. The molecule has 0 saturated carbocycles. The lowest BCUT2D eigenvalue weighted by Gasteiger charge is -2.06. The van der Waals surface area contributed by atoms with Crippen molar-refractivity contribution in [2.45, 2.75) is 9.92 Å². The normalized spacial score (nSPS) is 10.7. The SMILES string of the molecule is O=Cc1cc2ccccc2nc1Sc1ccccc1F. The van der Waals surface area contributed by atoms with Gasteiger partial charge in [0.25, 0.3) is 0 Å². The number of pyridine rings is 1. The first-order valence-corrected chi connectivity index (χ1v) is 6.87. The molecule has 0 aliphatic heterocycles. The van der Waals surface area contributed by atoms with E-state index < -0.39 is 0 Å². The summed E-state index contributed by atoms with van der Waals surface area (Å²) in [4.78, 5) is 16.1. The molecule has 0 unspecified atom stereocenters. The highest BCUT2D eigenvalue weighted by molar-refractivity contribution is 7.99. The molecule has 20 heavy (non-hydrogen) atoms. The van der Waals surface area contributed by atoms with Gasteiger partial charge in [-0.05, 0) is 24.3 Å². The van der Waals surface area contributed by atoms with E-state index in [1.54, 1.807) is 24.3 Å². The summed E-state index contributed by atoms with van der Waals surface area (Å²) in [6, 6.07) is 15.8. The lowest BCUT2D eigenvalue weighted by Crippen LogP contribution is -1.92. The lowest BCUT2D eigenvalue weighted by atomic mass is 10.2. The quantitative estimate of drug-likeness (QED) is 0.670. The zero-order valence-electron chi connectivity index (χ0n) is 10.4. The summed E-state index contributed by atoms with van der Waals surface area (Å²) < 4.78 is 13.7. The van der Waals surface area contributed by atoms with Crippen LogP contribution in [-0.4, -0.2) is 11.3 Å². The first-order chi connectivity index (χ1) is 9.78. The minimum atomic E-state index is -0.315. The maximum Gasteiger partial charge on any atom is 0.152 e. The second-order valence-corrected chi connectivity index (χ2v) is 5.26. The van der Waals surface area contributed by atoms with Crippen molar-refractivity contribution in [3.8, 4) is 0 Å². The molecule has 0 fully saturated rings. The summed E-state index contributed by atoms with van der Waals surface area (Å²) in [5.41, 5.74) is 1.26. The van der Waals surface area contributed by atoms with Crippen LogP contribution in [0.5, 0.6) is 0 Å². The molecule has 2 aromatic carbocycles. The van der Waals surface area contributed by atoms with Gasteiger partial charge in [-0.1, -0.05) is 42.1 Å². The molecule has 1 aromatic heterocycles. The molecule has 4 heteroatoms. The highest BCUT2D eigenvalue weighted by Gasteiger charge is 2.10. The van der Waals surface area contributed by atoms with Crippen LogP contribution in [0, 0.1) is 5.82 Å². The van der Waals surface area contributed by atoms with Gasteiger partial charge < -0.3 is 0 Å². The molecule has 0 atom stereocenters. The van der Waals surface area contributed by atoms with Crippen molar-refractivity contribution in [3.05, 3.63) is 66.0 Å². The molecule has 3 rings (SSSR count). The minimum Gasteiger partial charge on any atom is -0.298 e. The fourth-order valence-corrected chi connectivity index (χ4v) is 2.80. The number of nitrogens with zero attached hydrogens (tertiary/aromatic N) is 1. The fraction of sp³-hybridized carbons (Fsp3) is 0. The van der Waals surface area contributed by atoms with Crippen LogP contribution in [0.1, 0.15) is 10.4 Å². The van der Waals surface area contributed by atoms with Crippen molar-refractivity contribution in [2.75, 3.05) is 0 Å². The Morgan fingerprint density at radius 1 is 1.05 bits per heavy atom. The molecule has 0 N–H and O–H groups in total. The zero-order chi connectivity index (χ0) is 13.9. The Kier molecular flexibility index (Phi) is 3.48. The predicted molar refractivity (Wildman–Crippen MR) is 77.7 cm³/mol. The van der Waals surface area contributed by atoms with Crippen molar-refractivity contribution in [1.29, 1.82) is 0 Å². The van der Waals surface area contributed by atoms with Gasteiger partial charge in [-0.2, -0.15) is 0 Å². The molecule has 0 spiro atoms. The van der Waals surface area contributed by atoms with Crippen LogP contribution >= 0.6 is 11.8 Å². The van der Waals surface area contributed by atoms with E-state index in [-0.39, 0.29) is 5.82 Å². The summed E-state index contributed by atoms with van der Waals surface area (Å²) in [7, 11) is 0. The van der Waals surface area contributed by atoms with Crippen molar-refractivity contribution in [3.63, 3.8) is 0 Å². The average Bonchev–Trinajstić information content (AvgIpc) is 2.49. The van der Waals surface area contributed by atoms with Crippen LogP contribution in [-0.2, 0) is 0 Å². The molecule has 3 aromatic rings. The van der Waals surface area contributed by atoms with E-state index in [1.807, 2.05) is 24.3 Å². The molecule has 0 amide bonds. The zero-order valence-corrected chi connectivity index (χ0v) is 11.2. The number of para-hydroxylation sites is 1. The van der Waals surface area contributed by atoms with Crippen LogP contribution in [0.3, 0.4) is 0 Å².